The monoisotopic (exact) mass is 380 g/mol. The predicted molar refractivity (Wildman–Crippen MR) is 118 cm³/mol. The summed E-state index contributed by atoms with van der Waals surface area (Å²) in [5.41, 5.74) is 2.67. The maximum atomic E-state index is 12.1. The number of rotatable bonds is 4. The molecule has 0 amide bonds. The molecule has 0 fully saturated rings. The zero-order valence-corrected chi connectivity index (χ0v) is 16.3. The van der Waals surface area contributed by atoms with E-state index in [0.29, 0.717) is 12.1 Å². The van der Waals surface area contributed by atoms with Gasteiger partial charge in [0.25, 0.3) is 0 Å². The Kier molecular flexibility index (Phi) is 4.38. The normalized spacial score (nSPS) is 12.6. The predicted octanol–water partition coefficient (Wildman–Crippen LogP) is 4.92. The highest BCUT2D eigenvalue weighted by atomic mass is 16.4. The van der Waals surface area contributed by atoms with Gasteiger partial charge in [-0.3, -0.25) is 0 Å². The van der Waals surface area contributed by atoms with E-state index in [4.69, 9.17) is 4.42 Å². The Morgan fingerprint density at radius 3 is 2.34 bits per heavy atom. The molecule has 0 aliphatic carbocycles. The van der Waals surface area contributed by atoms with Crippen molar-refractivity contribution in [2.75, 3.05) is 0 Å². The van der Waals surface area contributed by atoms with Crippen LogP contribution in [0.3, 0.4) is 0 Å². The Morgan fingerprint density at radius 1 is 0.828 bits per heavy atom. The zero-order chi connectivity index (χ0) is 19.8. The fraction of sp³-hybridized carbons (Fsp3) is 0.115. The molecule has 0 aliphatic rings. The highest BCUT2D eigenvalue weighted by molar-refractivity contribution is 6.06. The number of quaternary nitrogens is 1. The Bertz CT molecular complexity index is 1400. The molecular weight excluding hydrogens is 358 g/mol. The topological polar surface area (TPSA) is 46.8 Å². The molecule has 1 heterocycles. The minimum atomic E-state index is -0.297. The smallest absolute Gasteiger partial charge is 0.336 e. The average Bonchev–Trinajstić information content (AvgIpc) is 2.76. The first-order valence-electron chi connectivity index (χ1n) is 9.96. The first-order chi connectivity index (χ1) is 14.2. The number of benzene rings is 4. The summed E-state index contributed by atoms with van der Waals surface area (Å²) in [4.78, 5) is 12.1. The number of nitrogens with two attached hydrogens (primary N) is 1. The molecule has 0 saturated carbocycles. The molecule has 2 N–H and O–H groups in total. The number of hydrogen-bond donors (Lipinski definition) is 1. The summed E-state index contributed by atoms with van der Waals surface area (Å²) in [6, 6.07) is 29.0. The Labute approximate surface area is 168 Å². The van der Waals surface area contributed by atoms with Gasteiger partial charge >= 0.3 is 5.63 Å². The Morgan fingerprint density at radius 2 is 1.52 bits per heavy atom. The summed E-state index contributed by atoms with van der Waals surface area (Å²) in [6.07, 6.45) is 0. The molecular formula is C26H22NO2+. The van der Waals surface area contributed by atoms with Gasteiger partial charge in [0.2, 0.25) is 0 Å². The van der Waals surface area contributed by atoms with Gasteiger partial charge in [-0.05, 0) is 34.5 Å². The highest BCUT2D eigenvalue weighted by Crippen LogP contribution is 2.27. The van der Waals surface area contributed by atoms with Gasteiger partial charge in [-0.15, -0.1) is 0 Å². The fourth-order valence-electron chi connectivity index (χ4n) is 4.26. The van der Waals surface area contributed by atoms with E-state index in [1.165, 1.54) is 16.3 Å². The van der Waals surface area contributed by atoms with Gasteiger partial charge in [0.05, 0.1) is 0 Å². The third kappa shape index (κ3) is 3.20. The molecule has 5 aromatic rings. The lowest BCUT2D eigenvalue weighted by Gasteiger charge is -2.15. The third-order valence-electron chi connectivity index (χ3n) is 5.72. The van der Waals surface area contributed by atoms with Crippen molar-refractivity contribution in [3.63, 3.8) is 0 Å². The van der Waals surface area contributed by atoms with Crippen molar-refractivity contribution in [3.05, 3.63) is 106 Å². The van der Waals surface area contributed by atoms with Gasteiger partial charge in [-0.25, -0.2) is 4.79 Å². The lowest BCUT2D eigenvalue weighted by atomic mass is 9.98. The average molecular weight is 380 g/mol. The fourth-order valence-corrected chi connectivity index (χ4v) is 4.26. The van der Waals surface area contributed by atoms with Crippen molar-refractivity contribution in [1.82, 2.24) is 0 Å². The lowest BCUT2D eigenvalue weighted by Crippen LogP contribution is -2.83. The standard InChI is InChI=1S/C26H21NO2/c1-17(21-12-6-9-18-7-2-4-10-22(18)21)27-16-20-15-25(28)29-24-14-13-19-8-3-5-11-23(19)26(20)24/h2-15,17,27H,16H2,1H3/p+1/t17-/m1/s1. The number of hydrogen-bond acceptors (Lipinski definition) is 2. The Hall–Kier alpha value is -3.43. The molecule has 5 rings (SSSR count). The molecule has 3 heteroatoms. The van der Waals surface area contributed by atoms with Crippen molar-refractivity contribution < 1.29 is 9.73 Å². The molecule has 0 saturated heterocycles. The Balaban J connectivity index is 1.55. The summed E-state index contributed by atoms with van der Waals surface area (Å²) < 4.78 is 5.49. The van der Waals surface area contributed by atoms with Crippen LogP contribution in [0.4, 0.5) is 0 Å². The van der Waals surface area contributed by atoms with E-state index >= 15 is 0 Å². The molecule has 0 bridgehead atoms. The zero-order valence-electron chi connectivity index (χ0n) is 16.3. The largest absolute Gasteiger partial charge is 0.423 e. The molecule has 1 aromatic heterocycles. The van der Waals surface area contributed by atoms with Gasteiger partial charge in [0, 0.05) is 22.6 Å². The molecule has 1 atom stereocenters. The van der Waals surface area contributed by atoms with Crippen molar-refractivity contribution >= 4 is 32.5 Å². The van der Waals surface area contributed by atoms with Crippen molar-refractivity contribution in [3.8, 4) is 0 Å². The molecule has 29 heavy (non-hydrogen) atoms. The third-order valence-corrected chi connectivity index (χ3v) is 5.72. The van der Waals surface area contributed by atoms with Gasteiger partial charge in [0.15, 0.2) is 0 Å². The van der Waals surface area contributed by atoms with Gasteiger partial charge in [0.1, 0.15) is 18.2 Å². The van der Waals surface area contributed by atoms with E-state index in [9.17, 15) is 4.79 Å². The lowest BCUT2D eigenvalue weighted by molar-refractivity contribution is -0.707. The van der Waals surface area contributed by atoms with E-state index in [1.54, 1.807) is 6.07 Å². The molecule has 0 radical (unpaired) electrons. The van der Waals surface area contributed by atoms with Crippen LogP contribution in [0.1, 0.15) is 24.1 Å². The first-order valence-corrected chi connectivity index (χ1v) is 9.96. The summed E-state index contributed by atoms with van der Waals surface area (Å²) in [7, 11) is 0. The van der Waals surface area contributed by atoms with E-state index in [0.717, 1.165) is 21.7 Å². The molecule has 3 nitrogen and oxygen atoms in total. The van der Waals surface area contributed by atoms with Gasteiger partial charge in [-0.1, -0.05) is 72.8 Å². The van der Waals surface area contributed by atoms with E-state index in [1.807, 2.05) is 24.3 Å². The second-order valence-electron chi connectivity index (χ2n) is 7.55. The second-order valence-corrected chi connectivity index (χ2v) is 7.55. The van der Waals surface area contributed by atoms with Crippen LogP contribution < -0.4 is 10.9 Å². The van der Waals surface area contributed by atoms with Crippen molar-refractivity contribution in [2.45, 2.75) is 19.5 Å². The SMILES string of the molecule is C[C@@H]([NH2+]Cc1cc(=O)oc2ccc3ccccc3c12)c1cccc2ccccc12. The molecule has 4 aromatic carbocycles. The molecule has 0 unspecified atom stereocenters. The number of fused-ring (bicyclic) bond motifs is 4. The van der Waals surface area contributed by atoms with Crippen molar-refractivity contribution in [2.24, 2.45) is 0 Å². The van der Waals surface area contributed by atoms with E-state index < -0.39 is 0 Å². The highest BCUT2D eigenvalue weighted by Gasteiger charge is 2.15. The minimum Gasteiger partial charge on any atom is -0.423 e. The molecule has 0 spiro atoms. The van der Waals surface area contributed by atoms with Crippen LogP contribution >= 0.6 is 0 Å². The van der Waals surface area contributed by atoms with Crippen LogP contribution in [0.25, 0.3) is 32.5 Å². The van der Waals surface area contributed by atoms with Crippen LogP contribution in [-0.4, -0.2) is 0 Å². The van der Waals surface area contributed by atoms with Crippen LogP contribution in [-0.2, 0) is 6.54 Å². The van der Waals surface area contributed by atoms with Crippen LogP contribution in [0.15, 0.2) is 94.1 Å². The maximum absolute atomic E-state index is 12.1. The van der Waals surface area contributed by atoms with Crippen LogP contribution in [0.2, 0.25) is 0 Å². The second kappa shape index (κ2) is 7.19. The summed E-state index contributed by atoms with van der Waals surface area (Å²) in [5.74, 6) is 0. The van der Waals surface area contributed by atoms with Crippen LogP contribution in [0.5, 0.6) is 0 Å². The van der Waals surface area contributed by atoms with Crippen LogP contribution in [0, 0.1) is 0 Å². The van der Waals surface area contributed by atoms with Crippen molar-refractivity contribution in [1.29, 1.82) is 0 Å². The quantitative estimate of drug-likeness (QED) is 0.355. The van der Waals surface area contributed by atoms with Gasteiger partial charge < -0.3 is 9.73 Å². The van der Waals surface area contributed by atoms with E-state index in [-0.39, 0.29) is 11.7 Å². The van der Waals surface area contributed by atoms with E-state index in [2.05, 4.69) is 66.8 Å². The summed E-state index contributed by atoms with van der Waals surface area (Å²) in [6.45, 7) is 2.92. The molecule has 0 aliphatic heterocycles. The maximum Gasteiger partial charge on any atom is 0.336 e. The van der Waals surface area contributed by atoms with Gasteiger partial charge in [-0.2, -0.15) is 0 Å². The minimum absolute atomic E-state index is 0.262. The molecule has 142 valence electrons. The summed E-state index contributed by atoms with van der Waals surface area (Å²) in [5, 5.41) is 8.12. The first kappa shape index (κ1) is 17.7. The summed E-state index contributed by atoms with van der Waals surface area (Å²) >= 11 is 0.